The summed E-state index contributed by atoms with van der Waals surface area (Å²) in [4.78, 5) is 3.12. The molecule has 0 fully saturated rings. The SMILES string of the molecule is CNS(=O)(=O)Cc1ccc2[nH]cc(CCCCS(=O)(=O)O)c2c1. The van der Waals surface area contributed by atoms with Gasteiger partial charge in [0.25, 0.3) is 10.1 Å². The zero-order chi connectivity index (χ0) is 17.1. The third kappa shape index (κ3) is 5.31. The van der Waals surface area contributed by atoms with E-state index in [9.17, 15) is 16.8 Å². The number of sulfonamides is 1. The van der Waals surface area contributed by atoms with Crippen LogP contribution in [0.3, 0.4) is 0 Å². The lowest BCUT2D eigenvalue weighted by Gasteiger charge is -2.04. The van der Waals surface area contributed by atoms with Gasteiger partial charge < -0.3 is 4.98 Å². The molecule has 23 heavy (non-hydrogen) atoms. The molecule has 0 aliphatic heterocycles. The molecule has 0 amide bonds. The Kier molecular flexibility index (Phi) is 5.45. The molecule has 0 aliphatic rings. The van der Waals surface area contributed by atoms with Crippen molar-refractivity contribution in [1.82, 2.24) is 9.71 Å². The Morgan fingerprint density at radius 3 is 2.57 bits per heavy atom. The summed E-state index contributed by atoms with van der Waals surface area (Å²) in [5.41, 5.74) is 2.59. The number of hydrogen-bond donors (Lipinski definition) is 3. The quantitative estimate of drug-likeness (QED) is 0.486. The minimum absolute atomic E-state index is 0.0905. The molecule has 0 unspecified atom stereocenters. The van der Waals surface area contributed by atoms with Crippen LogP contribution in [0.2, 0.25) is 0 Å². The summed E-state index contributed by atoms with van der Waals surface area (Å²) >= 11 is 0. The second-order valence-electron chi connectivity index (χ2n) is 5.40. The van der Waals surface area contributed by atoms with E-state index in [1.54, 1.807) is 6.07 Å². The van der Waals surface area contributed by atoms with Gasteiger partial charge in [0, 0.05) is 17.1 Å². The summed E-state index contributed by atoms with van der Waals surface area (Å²) in [5, 5.41) is 0.931. The molecule has 9 heteroatoms. The minimum atomic E-state index is -3.92. The topological polar surface area (TPSA) is 116 Å². The molecule has 7 nitrogen and oxygen atoms in total. The van der Waals surface area contributed by atoms with Gasteiger partial charge in [0.05, 0.1) is 11.5 Å². The third-order valence-electron chi connectivity index (χ3n) is 3.60. The highest BCUT2D eigenvalue weighted by Gasteiger charge is 2.11. The predicted molar refractivity (Wildman–Crippen MR) is 89.3 cm³/mol. The van der Waals surface area contributed by atoms with Crippen molar-refractivity contribution < 1.29 is 21.4 Å². The molecule has 0 aliphatic carbocycles. The van der Waals surface area contributed by atoms with Crippen LogP contribution in [0.5, 0.6) is 0 Å². The molecular formula is C14H20N2O5S2. The van der Waals surface area contributed by atoms with Crippen LogP contribution in [0.4, 0.5) is 0 Å². The summed E-state index contributed by atoms with van der Waals surface area (Å²) in [6.45, 7) is 0. The lowest BCUT2D eigenvalue weighted by Crippen LogP contribution is -2.20. The molecule has 1 aromatic carbocycles. The number of benzene rings is 1. The van der Waals surface area contributed by atoms with E-state index < -0.39 is 20.1 Å². The van der Waals surface area contributed by atoms with Crippen LogP contribution in [-0.4, -0.2) is 39.2 Å². The number of nitrogens with one attached hydrogen (secondary N) is 2. The van der Waals surface area contributed by atoms with Gasteiger partial charge in [0.15, 0.2) is 0 Å². The fourth-order valence-electron chi connectivity index (χ4n) is 2.41. The average molecular weight is 360 g/mol. The summed E-state index contributed by atoms with van der Waals surface area (Å²) in [5.74, 6) is -0.339. The monoisotopic (exact) mass is 360 g/mol. The van der Waals surface area contributed by atoms with E-state index in [1.165, 1.54) is 7.05 Å². The number of aryl methyl sites for hydroxylation is 1. The Labute approximate surface area is 135 Å². The minimum Gasteiger partial charge on any atom is -0.361 e. The molecule has 0 saturated carbocycles. The molecule has 1 aromatic heterocycles. The molecular weight excluding hydrogens is 340 g/mol. The van der Waals surface area contributed by atoms with Gasteiger partial charge in [0.1, 0.15) is 0 Å². The summed E-state index contributed by atoms with van der Waals surface area (Å²) in [6, 6.07) is 5.42. The van der Waals surface area contributed by atoms with Crippen LogP contribution in [0, 0.1) is 0 Å². The van der Waals surface area contributed by atoms with Crippen LogP contribution in [0.15, 0.2) is 24.4 Å². The van der Waals surface area contributed by atoms with Crippen molar-refractivity contribution in [2.75, 3.05) is 12.8 Å². The highest BCUT2D eigenvalue weighted by Crippen LogP contribution is 2.22. The van der Waals surface area contributed by atoms with Gasteiger partial charge in [-0.25, -0.2) is 13.1 Å². The van der Waals surface area contributed by atoms with Gasteiger partial charge in [-0.2, -0.15) is 8.42 Å². The number of fused-ring (bicyclic) bond motifs is 1. The number of rotatable bonds is 8. The Bertz CT molecular complexity index is 885. The summed E-state index contributed by atoms with van der Waals surface area (Å²) in [6.07, 6.45) is 3.48. The second kappa shape index (κ2) is 7.00. The maximum atomic E-state index is 11.6. The second-order valence-corrected chi connectivity index (χ2v) is 8.90. The maximum absolute atomic E-state index is 11.6. The van der Waals surface area contributed by atoms with Crippen LogP contribution < -0.4 is 4.72 Å². The lowest BCUT2D eigenvalue weighted by molar-refractivity contribution is 0.480. The van der Waals surface area contributed by atoms with E-state index in [0.29, 0.717) is 24.8 Å². The molecule has 2 aromatic rings. The Morgan fingerprint density at radius 2 is 1.91 bits per heavy atom. The van der Waals surface area contributed by atoms with Crippen molar-refractivity contribution in [3.63, 3.8) is 0 Å². The van der Waals surface area contributed by atoms with Crippen LogP contribution in [0.25, 0.3) is 10.9 Å². The molecule has 0 spiro atoms. The van der Waals surface area contributed by atoms with Crippen LogP contribution in [0.1, 0.15) is 24.0 Å². The molecule has 3 N–H and O–H groups in total. The highest BCUT2D eigenvalue weighted by atomic mass is 32.2. The summed E-state index contributed by atoms with van der Waals surface area (Å²) < 4.78 is 55.7. The smallest absolute Gasteiger partial charge is 0.264 e. The molecule has 1 heterocycles. The Balaban J connectivity index is 2.12. The van der Waals surface area contributed by atoms with Gasteiger partial charge in [-0.1, -0.05) is 6.07 Å². The van der Waals surface area contributed by atoms with Crippen molar-refractivity contribution in [3.8, 4) is 0 Å². The standard InChI is InChI=1S/C14H20N2O5S2/c1-15-22(17,18)10-11-5-6-14-13(8-11)12(9-16-14)4-2-3-7-23(19,20)21/h5-6,8-9,15-16H,2-4,7,10H2,1H3,(H,19,20,21). The predicted octanol–water partition coefficient (Wildman–Crippen LogP) is 1.43. The first-order chi connectivity index (χ1) is 10.7. The molecule has 0 saturated heterocycles. The number of unbranched alkanes of at least 4 members (excludes halogenated alkanes) is 1. The van der Waals surface area contributed by atoms with E-state index in [-0.39, 0.29) is 11.5 Å². The zero-order valence-electron chi connectivity index (χ0n) is 12.7. The molecule has 128 valence electrons. The van der Waals surface area contributed by atoms with Crippen molar-refractivity contribution in [2.45, 2.75) is 25.0 Å². The molecule has 0 atom stereocenters. The first-order valence-corrected chi connectivity index (χ1v) is 10.4. The average Bonchev–Trinajstić information content (AvgIpc) is 2.85. The first kappa shape index (κ1) is 17.9. The van der Waals surface area contributed by atoms with Crippen LogP contribution in [-0.2, 0) is 32.3 Å². The lowest BCUT2D eigenvalue weighted by atomic mass is 10.1. The largest absolute Gasteiger partial charge is 0.361 e. The fraction of sp³-hybridized carbons (Fsp3) is 0.429. The maximum Gasteiger partial charge on any atom is 0.264 e. The van der Waals surface area contributed by atoms with Gasteiger partial charge >= 0.3 is 0 Å². The van der Waals surface area contributed by atoms with Gasteiger partial charge in [-0.15, -0.1) is 0 Å². The zero-order valence-corrected chi connectivity index (χ0v) is 14.4. The van der Waals surface area contributed by atoms with Crippen LogP contribution >= 0.6 is 0 Å². The molecule has 0 bridgehead atoms. The van der Waals surface area contributed by atoms with E-state index in [0.717, 1.165) is 16.5 Å². The van der Waals surface area contributed by atoms with Gasteiger partial charge in [-0.05, 0) is 49.6 Å². The Morgan fingerprint density at radius 1 is 1.17 bits per heavy atom. The van der Waals surface area contributed by atoms with E-state index >= 15 is 0 Å². The van der Waals surface area contributed by atoms with Gasteiger partial charge in [0.2, 0.25) is 10.0 Å². The van der Waals surface area contributed by atoms with Crippen molar-refractivity contribution >= 4 is 31.0 Å². The van der Waals surface area contributed by atoms with E-state index in [1.807, 2.05) is 18.3 Å². The van der Waals surface area contributed by atoms with E-state index in [4.69, 9.17) is 4.55 Å². The summed E-state index contributed by atoms with van der Waals surface area (Å²) in [7, 11) is -5.87. The number of aromatic nitrogens is 1. The number of H-pyrrole nitrogens is 1. The Hall–Kier alpha value is -1.42. The van der Waals surface area contributed by atoms with Gasteiger partial charge in [-0.3, -0.25) is 4.55 Å². The highest BCUT2D eigenvalue weighted by molar-refractivity contribution is 7.88. The van der Waals surface area contributed by atoms with Crippen molar-refractivity contribution in [1.29, 1.82) is 0 Å². The van der Waals surface area contributed by atoms with Crippen molar-refractivity contribution in [3.05, 3.63) is 35.5 Å². The molecule has 0 radical (unpaired) electrons. The molecule has 2 rings (SSSR count). The third-order valence-corrected chi connectivity index (χ3v) is 5.74. The first-order valence-electron chi connectivity index (χ1n) is 7.15. The number of aromatic amines is 1. The number of hydrogen-bond acceptors (Lipinski definition) is 4. The fourth-order valence-corrected chi connectivity index (χ4v) is 3.75. The van der Waals surface area contributed by atoms with Crippen molar-refractivity contribution in [2.24, 2.45) is 0 Å². The normalized spacial score (nSPS) is 12.8. The van der Waals surface area contributed by atoms with E-state index in [2.05, 4.69) is 9.71 Å².